The van der Waals surface area contributed by atoms with Gasteiger partial charge in [0.15, 0.2) is 0 Å². The minimum atomic E-state index is -0.650. The average molecular weight is 330 g/mol. The minimum Gasteiger partial charge on any atom is -0.364 e. The number of nitrogens with zero attached hydrogens (tertiary/aromatic N) is 3. The fraction of sp³-hybridized carbons (Fsp3) is 0.529. The van der Waals surface area contributed by atoms with Gasteiger partial charge in [-0.3, -0.25) is 19.3 Å². The Morgan fingerprint density at radius 2 is 2.00 bits per heavy atom. The molecule has 7 heteroatoms. The number of rotatable bonds is 5. The molecule has 0 unspecified atom stereocenters. The number of fused-ring (bicyclic) bond motifs is 1. The summed E-state index contributed by atoms with van der Waals surface area (Å²) in [6, 6.07) is 5.07. The molecule has 0 amide bonds. The Morgan fingerprint density at radius 3 is 2.67 bits per heavy atom. The first kappa shape index (κ1) is 16.4. The van der Waals surface area contributed by atoms with E-state index in [1.54, 1.807) is 18.2 Å². The Bertz CT molecular complexity index is 794. The van der Waals surface area contributed by atoms with Crippen LogP contribution in [0.2, 0.25) is 0 Å². The zero-order valence-electron chi connectivity index (χ0n) is 13.8. The summed E-state index contributed by atoms with van der Waals surface area (Å²) in [6.45, 7) is 2.84. The van der Waals surface area contributed by atoms with Gasteiger partial charge in [-0.15, -0.1) is 0 Å². The molecule has 1 aliphatic rings. The van der Waals surface area contributed by atoms with Crippen LogP contribution in [-0.2, 0) is 0 Å². The van der Waals surface area contributed by atoms with Crippen molar-refractivity contribution in [1.29, 1.82) is 0 Å². The summed E-state index contributed by atoms with van der Waals surface area (Å²) >= 11 is 0. The molecule has 2 aromatic heterocycles. The summed E-state index contributed by atoms with van der Waals surface area (Å²) in [7, 11) is 0. The van der Waals surface area contributed by atoms with Gasteiger partial charge in [0.1, 0.15) is 5.65 Å². The molecule has 1 fully saturated rings. The fourth-order valence-corrected chi connectivity index (χ4v) is 3.45. The molecular weight excluding hydrogens is 308 g/mol. The molecule has 24 heavy (non-hydrogen) atoms. The first-order chi connectivity index (χ1) is 11.6. The number of aromatic nitrogens is 2. The molecule has 1 aliphatic carbocycles. The first-order valence-electron chi connectivity index (χ1n) is 8.49. The Hall–Kier alpha value is -2.44. The quantitative estimate of drug-likeness (QED) is 0.671. The number of hydrogen-bond acceptors (Lipinski definition) is 5. The predicted molar refractivity (Wildman–Crippen MR) is 92.3 cm³/mol. The van der Waals surface area contributed by atoms with Crippen LogP contribution in [-0.4, -0.2) is 20.9 Å². The van der Waals surface area contributed by atoms with E-state index < -0.39 is 16.2 Å². The molecule has 1 N–H and O–H groups in total. The molecule has 2 aromatic rings. The van der Waals surface area contributed by atoms with Gasteiger partial charge in [-0.05, 0) is 36.8 Å². The SMILES string of the molecule is CCC1CCC(CNc2nc3ccccn3c(=O)c2[N+](=O)[O-])CC1. The third-order valence-electron chi connectivity index (χ3n) is 4.99. The molecule has 0 atom stereocenters. The van der Waals surface area contributed by atoms with E-state index in [1.165, 1.54) is 29.9 Å². The van der Waals surface area contributed by atoms with Crippen LogP contribution in [0.1, 0.15) is 39.0 Å². The van der Waals surface area contributed by atoms with E-state index in [9.17, 15) is 14.9 Å². The van der Waals surface area contributed by atoms with Crippen LogP contribution >= 0.6 is 0 Å². The number of nitro groups is 1. The monoisotopic (exact) mass is 330 g/mol. The van der Waals surface area contributed by atoms with E-state index in [0.717, 1.165) is 18.8 Å². The van der Waals surface area contributed by atoms with Crippen molar-refractivity contribution < 1.29 is 4.92 Å². The maximum absolute atomic E-state index is 12.4. The Labute approximate surface area is 139 Å². The topological polar surface area (TPSA) is 89.5 Å². The van der Waals surface area contributed by atoms with Gasteiger partial charge < -0.3 is 5.32 Å². The van der Waals surface area contributed by atoms with Crippen molar-refractivity contribution in [3.05, 3.63) is 44.9 Å². The molecule has 0 bridgehead atoms. The van der Waals surface area contributed by atoms with Gasteiger partial charge >= 0.3 is 11.2 Å². The van der Waals surface area contributed by atoms with Crippen molar-refractivity contribution in [3.63, 3.8) is 0 Å². The number of anilines is 1. The Morgan fingerprint density at radius 1 is 1.29 bits per heavy atom. The zero-order chi connectivity index (χ0) is 17.1. The van der Waals surface area contributed by atoms with E-state index in [0.29, 0.717) is 18.1 Å². The summed E-state index contributed by atoms with van der Waals surface area (Å²) in [4.78, 5) is 27.3. The summed E-state index contributed by atoms with van der Waals surface area (Å²) in [6.07, 6.45) is 7.36. The maximum atomic E-state index is 12.4. The Balaban J connectivity index is 1.82. The van der Waals surface area contributed by atoms with E-state index >= 15 is 0 Å². The van der Waals surface area contributed by atoms with E-state index in [-0.39, 0.29) is 5.82 Å². The molecule has 7 nitrogen and oxygen atoms in total. The van der Waals surface area contributed by atoms with Crippen molar-refractivity contribution in [1.82, 2.24) is 9.38 Å². The van der Waals surface area contributed by atoms with Crippen molar-refractivity contribution in [3.8, 4) is 0 Å². The molecule has 3 rings (SSSR count). The Kier molecular flexibility index (Phi) is 4.78. The summed E-state index contributed by atoms with van der Waals surface area (Å²) in [5, 5.41) is 14.4. The fourth-order valence-electron chi connectivity index (χ4n) is 3.45. The smallest absolute Gasteiger partial charge is 0.364 e. The van der Waals surface area contributed by atoms with Crippen molar-refractivity contribution in [2.75, 3.05) is 11.9 Å². The zero-order valence-corrected chi connectivity index (χ0v) is 13.8. The van der Waals surface area contributed by atoms with Gasteiger partial charge in [-0.2, -0.15) is 0 Å². The molecule has 0 spiro atoms. The highest BCUT2D eigenvalue weighted by Crippen LogP contribution is 2.31. The highest BCUT2D eigenvalue weighted by molar-refractivity contribution is 5.59. The van der Waals surface area contributed by atoms with Gasteiger partial charge in [0.05, 0.1) is 4.92 Å². The number of hydrogen-bond donors (Lipinski definition) is 1. The lowest BCUT2D eigenvalue weighted by Crippen LogP contribution is -2.25. The summed E-state index contributed by atoms with van der Waals surface area (Å²) in [5.74, 6) is 1.36. The van der Waals surface area contributed by atoms with Crippen molar-refractivity contribution >= 4 is 17.2 Å². The maximum Gasteiger partial charge on any atom is 0.376 e. The van der Waals surface area contributed by atoms with E-state index in [1.807, 2.05) is 0 Å². The van der Waals surface area contributed by atoms with Gasteiger partial charge in [0, 0.05) is 12.7 Å². The van der Waals surface area contributed by atoms with Crippen LogP contribution in [0.3, 0.4) is 0 Å². The molecular formula is C17H22N4O3. The second-order valence-electron chi connectivity index (χ2n) is 6.48. The van der Waals surface area contributed by atoms with Gasteiger partial charge in [-0.1, -0.05) is 32.3 Å². The second-order valence-corrected chi connectivity index (χ2v) is 6.48. The van der Waals surface area contributed by atoms with Crippen molar-refractivity contribution in [2.24, 2.45) is 11.8 Å². The normalized spacial score (nSPS) is 20.9. The van der Waals surface area contributed by atoms with Gasteiger partial charge in [0.25, 0.3) is 0 Å². The van der Waals surface area contributed by atoms with Crippen LogP contribution < -0.4 is 10.9 Å². The molecule has 0 aliphatic heterocycles. The number of pyridine rings is 1. The highest BCUT2D eigenvalue weighted by Gasteiger charge is 2.25. The van der Waals surface area contributed by atoms with Gasteiger partial charge in [0.2, 0.25) is 5.82 Å². The standard InChI is InChI=1S/C17H22N4O3/c1-2-12-6-8-13(9-7-12)11-18-16-15(21(23)24)17(22)20-10-4-3-5-14(20)19-16/h3-5,10,12-13,18H,2,6-9,11H2,1H3. The predicted octanol–water partition coefficient (Wildman–Crippen LogP) is 3.23. The molecule has 1 saturated carbocycles. The second kappa shape index (κ2) is 6.98. The van der Waals surface area contributed by atoms with E-state index in [4.69, 9.17) is 0 Å². The van der Waals surface area contributed by atoms with Crippen LogP contribution in [0, 0.1) is 22.0 Å². The molecule has 128 valence electrons. The van der Waals surface area contributed by atoms with Crippen LogP contribution in [0.25, 0.3) is 5.65 Å². The summed E-state index contributed by atoms with van der Waals surface area (Å²) in [5.41, 5.74) is -0.728. The third-order valence-corrected chi connectivity index (χ3v) is 4.99. The molecule has 0 aromatic carbocycles. The average Bonchev–Trinajstić information content (AvgIpc) is 2.60. The first-order valence-corrected chi connectivity index (χ1v) is 8.49. The highest BCUT2D eigenvalue weighted by atomic mass is 16.6. The van der Waals surface area contributed by atoms with Crippen LogP contribution in [0.15, 0.2) is 29.2 Å². The van der Waals surface area contributed by atoms with Crippen LogP contribution in [0.5, 0.6) is 0 Å². The minimum absolute atomic E-state index is 0.0776. The molecule has 0 saturated heterocycles. The van der Waals surface area contributed by atoms with Crippen LogP contribution in [0.4, 0.5) is 11.5 Å². The summed E-state index contributed by atoms with van der Waals surface area (Å²) < 4.78 is 1.20. The van der Waals surface area contributed by atoms with Crippen molar-refractivity contribution in [2.45, 2.75) is 39.0 Å². The lowest BCUT2D eigenvalue weighted by molar-refractivity contribution is -0.385. The van der Waals surface area contributed by atoms with Gasteiger partial charge in [-0.25, -0.2) is 4.98 Å². The number of nitrogens with one attached hydrogen (secondary N) is 1. The molecule has 2 heterocycles. The lowest BCUT2D eigenvalue weighted by atomic mass is 9.81. The molecule has 0 radical (unpaired) electrons. The lowest BCUT2D eigenvalue weighted by Gasteiger charge is -2.27. The van der Waals surface area contributed by atoms with E-state index in [2.05, 4.69) is 17.2 Å². The largest absolute Gasteiger partial charge is 0.376 e. The third kappa shape index (κ3) is 3.25.